The van der Waals surface area contributed by atoms with Crippen LogP contribution in [0.1, 0.15) is 30.3 Å². The molecule has 10 heteroatoms. The molecule has 0 saturated carbocycles. The van der Waals surface area contributed by atoms with Crippen LogP contribution in [0.5, 0.6) is 11.5 Å². The lowest BCUT2D eigenvalue weighted by Crippen LogP contribution is -2.39. The summed E-state index contributed by atoms with van der Waals surface area (Å²) in [5.74, 6) is -0.206. The number of carbonyl (C=O) groups is 1. The van der Waals surface area contributed by atoms with Crippen LogP contribution < -0.4 is 19.6 Å². The summed E-state index contributed by atoms with van der Waals surface area (Å²) < 4.78 is 12.9. The maximum atomic E-state index is 13.5. The highest BCUT2D eigenvalue weighted by Gasteiger charge is 2.33. The van der Waals surface area contributed by atoms with Gasteiger partial charge in [0.2, 0.25) is 0 Å². The molecule has 0 bridgehead atoms. The number of methoxy groups -OCH3 is 1. The third-order valence-electron chi connectivity index (χ3n) is 4.90. The van der Waals surface area contributed by atoms with Gasteiger partial charge in [0.05, 0.1) is 34.0 Å². The number of hydrogen-bond acceptors (Lipinski definition) is 8. The molecule has 1 aliphatic rings. The first-order valence-electron chi connectivity index (χ1n) is 9.65. The van der Waals surface area contributed by atoms with Crippen molar-refractivity contribution in [1.82, 2.24) is 4.57 Å². The van der Waals surface area contributed by atoms with E-state index in [0.29, 0.717) is 30.6 Å². The molecule has 0 spiro atoms. The Balaban J connectivity index is 1.93. The maximum absolute atomic E-state index is 13.5. The van der Waals surface area contributed by atoms with Gasteiger partial charge in [-0.25, -0.2) is 9.79 Å². The third-order valence-corrected chi connectivity index (χ3v) is 7.41. The van der Waals surface area contributed by atoms with Gasteiger partial charge in [-0.3, -0.25) is 9.36 Å². The largest absolute Gasteiger partial charge is 0.503 e. The molecule has 2 aromatic heterocycles. The molecule has 1 aliphatic heterocycles. The van der Waals surface area contributed by atoms with Crippen molar-refractivity contribution in [3.63, 3.8) is 0 Å². The van der Waals surface area contributed by atoms with Crippen molar-refractivity contribution in [2.75, 3.05) is 13.7 Å². The highest BCUT2D eigenvalue weighted by molar-refractivity contribution is 9.10. The fraction of sp³-hybridized carbons (Fsp3) is 0.227. The number of ether oxygens (including phenoxy) is 2. The van der Waals surface area contributed by atoms with Gasteiger partial charge in [0, 0.05) is 4.88 Å². The molecule has 0 unspecified atom stereocenters. The minimum absolute atomic E-state index is 0.0153. The molecule has 0 fully saturated rings. The van der Waals surface area contributed by atoms with E-state index in [1.807, 2.05) is 17.5 Å². The molecule has 3 heterocycles. The average molecular weight is 535 g/mol. The lowest BCUT2D eigenvalue weighted by molar-refractivity contribution is -0.139. The number of nitrogens with zero attached hydrogens (tertiary/aromatic N) is 2. The Labute approximate surface area is 199 Å². The van der Waals surface area contributed by atoms with E-state index in [-0.39, 0.29) is 23.7 Å². The molecule has 1 aromatic carbocycles. The van der Waals surface area contributed by atoms with Gasteiger partial charge in [0.1, 0.15) is 6.04 Å². The fourth-order valence-electron chi connectivity index (χ4n) is 3.49. The van der Waals surface area contributed by atoms with Crippen molar-refractivity contribution < 1.29 is 19.4 Å². The van der Waals surface area contributed by atoms with Gasteiger partial charge >= 0.3 is 5.97 Å². The van der Waals surface area contributed by atoms with E-state index in [1.54, 1.807) is 36.6 Å². The number of hydrogen-bond donors (Lipinski definition) is 1. The number of benzene rings is 1. The minimum Gasteiger partial charge on any atom is -0.503 e. The molecule has 4 rings (SSSR count). The van der Waals surface area contributed by atoms with Crippen molar-refractivity contribution in [1.29, 1.82) is 0 Å². The summed E-state index contributed by atoms with van der Waals surface area (Å²) in [6.07, 6.45) is 1.71. The number of thiophene rings is 1. The van der Waals surface area contributed by atoms with Crippen molar-refractivity contribution in [2.24, 2.45) is 4.99 Å². The molecule has 166 valence electrons. The topological polar surface area (TPSA) is 90.1 Å². The van der Waals surface area contributed by atoms with Crippen LogP contribution in [0.3, 0.4) is 0 Å². The third kappa shape index (κ3) is 3.94. The molecule has 1 N–H and O–H groups in total. The van der Waals surface area contributed by atoms with Gasteiger partial charge in [-0.1, -0.05) is 17.4 Å². The molecule has 32 heavy (non-hydrogen) atoms. The number of phenols is 1. The molecule has 0 amide bonds. The zero-order chi connectivity index (χ0) is 23.0. The van der Waals surface area contributed by atoms with E-state index in [0.717, 1.165) is 4.88 Å². The monoisotopic (exact) mass is 534 g/mol. The van der Waals surface area contributed by atoms with Crippen LogP contribution in [0, 0.1) is 0 Å². The number of fused-ring (bicyclic) bond motifs is 1. The standard InChI is InChI=1S/C22H19BrN2O5S2/c1-4-30-21(28)17-11(2)24-22-25(18(17)15-6-5-7-31-15)20(27)16(32-22)10-12-8-13(23)19(26)14(9-12)29-3/h5-10,18,26H,4H2,1-3H3/t18-/m0/s1. The van der Waals surface area contributed by atoms with E-state index in [2.05, 4.69) is 20.9 Å². The van der Waals surface area contributed by atoms with Crippen LogP contribution in [-0.2, 0) is 9.53 Å². The van der Waals surface area contributed by atoms with Crippen molar-refractivity contribution in [3.05, 3.63) is 75.5 Å². The van der Waals surface area contributed by atoms with Crippen LogP contribution >= 0.6 is 38.6 Å². The second-order valence-electron chi connectivity index (χ2n) is 6.87. The van der Waals surface area contributed by atoms with Crippen molar-refractivity contribution in [3.8, 4) is 11.5 Å². The first-order chi connectivity index (χ1) is 15.3. The van der Waals surface area contributed by atoms with Gasteiger partial charge in [0.15, 0.2) is 16.3 Å². The quantitative estimate of drug-likeness (QED) is 0.507. The summed E-state index contributed by atoms with van der Waals surface area (Å²) >= 11 is 6.01. The summed E-state index contributed by atoms with van der Waals surface area (Å²) in [5, 5.41) is 12.0. The van der Waals surface area contributed by atoms with Crippen LogP contribution in [0.25, 0.3) is 6.08 Å². The lowest BCUT2D eigenvalue weighted by atomic mass is 10.0. The second kappa shape index (κ2) is 9.05. The molecule has 7 nitrogen and oxygen atoms in total. The average Bonchev–Trinajstić information content (AvgIpc) is 3.38. The Morgan fingerprint density at radius 2 is 2.19 bits per heavy atom. The Kier molecular flexibility index (Phi) is 6.36. The number of rotatable bonds is 5. The van der Waals surface area contributed by atoms with Gasteiger partial charge in [-0.15, -0.1) is 11.3 Å². The molecule has 0 aliphatic carbocycles. The normalized spacial score (nSPS) is 16.0. The van der Waals surface area contributed by atoms with Crippen LogP contribution in [0.2, 0.25) is 0 Å². The molecular formula is C22H19BrN2O5S2. The highest BCUT2D eigenvalue weighted by atomic mass is 79.9. The predicted molar refractivity (Wildman–Crippen MR) is 127 cm³/mol. The zero-order valence-corrected chi connectivity index (χ0v) is 20.6. The van der Waals surface area contributed by atoms with E-state index in [4.69, 9.17) is 9.47 Å². The smallest absolute Gasteiger partial charge is 0.338 e. The van der Waals surface area contributed by atoms with Crippen molar-refractivity contribution in [2.45, 2.75) is 19.9 Å². The van der Waals surface area contributed by atoms with Gasteiger partial charge < -0.3 is 14.6 Å². The Morgan fingerprint density at radius 1 is 1.41 bits per heavy atom. The Morgan fingerprint density at radius 3 is 2.84 bits per heavy atom. The molecule has 0 radical (unpaired) electrons. The summed E-state index contributed by atoms with van der Waals surface area (Å²) in [6, 6.07) is 6.51. The van der Waals surface area contributed by atoms with Gasteiger partial charge in [0.25, 0.3) is 5.56 Å². The number of allylic oxidation sites excluding steroid dienone is 1. The summed E-state index contributed by atoms with van der Waals surface area (Å²) in [5.41, 5.74) is 1.31. The van der Waals surface area contributed by atoms with E-state index < -0.39 is 12.0 Å². The summed E-state index contributed by atoms with van der Waals surface area (Å²) in [4.78, 5) is 32.2. The second-order valence-corrected chi connectivity index (χ2v) is 9.71. The molecular weight excluding hydrogens is 516 g/mol. The van der Waals surface area contributed by atoms with Crippen LogP contribution in [0.15, 0.2) is 55.2 Å². The Bertz CT molecular complexity index is 1400. The predicted octanol–water partition coefficient (Wildman–Crippen LogP) is 3.34. The first kappa shape index (κ1) is 22.5. The van der Waals surface area contributed by atoms with Crippen LogP contribution in [0.4, 0.5) is 0 Å². The maximum Gasteiger partial charge on any atom is 0.338 e. The van der Waals surface area contributed by atoms with Crippen molar-refractivity contribution >= 4 is 50.6 Å². The SMILES string of the molecule is CCOC(=O)C1=C(C)N=c2sc(=Cc3cc(Br)c(O)c(OC)c3)c(=O)n2[C@H]1c1cccs1. The summed E-state index contributed by atoms with van der Waals surface area (Å²) in [6.45, 7) is 3.73. The van der Waals surface area contributed by atoms with Gasteiger partial charge in [-0.2, -0.15) is 0 Å². The summed E-state index contributed by atoms with van der Waals surface area (Å²) in [7, 11) is 1.46. The minimum atomic E-state index is -0.603. The lowest BCUT2D eigenvalue weighted by Gasteiger charge is -2.23. The molecule has 0 saturated heterocycles. The highest BCUT2D eigenvalue weighted by Crippen LogP contribution is 2.36. The number of halogens is 1. The number of aromatic nitrogens is 1. The molecule has 1 atom stereocenters. The van der Waals surface area contributed by atoms with E-state index in [1.165, 1.54) is 29.8 Å². The number of esters is 1. The number of phenolic OH excluding ortho intramolecular Hbond substituents is 1. The number of thiazole rings is 1. The molecule has 3 aromatic rings. The number of carbonyl (C=O) groups excluding carboxylic acids is 1. The van der Waals surface area contributed by atoms with Gasteiger partial charge in [-0.05, 0) is 65.0 Å². The van der Waals surface area contributed by atoms with Crippen LogP contribution in [-0.4, -0.2) is 29.4 Å². The first-order valence-corrected chi connectivity index (χ1v) is 12.1. The Hall–Kier alpha value is -2.69. The zero-order valence-electron chi connectivity index (χ0n) is 17.4. The number of aromatic hydroxyl groups is 1. The van der Waals surface area contributed by atoms with E-state index >= 15 is 0 Å². The van der Waals surface area contributed by atoms with E-state index in [9.17, 15) is 14.7 Å². The fourth-order valence-corrected chi connectivity index (χ4v) is 5.82.